The van der Waals surface area contributed by atoms with E-state index in [4.69, 9.17) is 39.5 Å². The Hall–Kier alpha value is -1.95. The molecule has 8 heteroatoms. The third-order valence-electron chi connectivity index (χ3n) is 4.23. The lowest BCUT2D eigenvalue weighted by atomic mass is 10.1. The fourth-order valence-corrected chi connectivity index (χ4v) is 3.02. The van der Waals surface area contributed by atoms with E-state index in [0.717, 1.165) is 12.0 Å². The molecule has 29 heavy (non-hydrogen) atoms. The summed E-state index contributed by atoms with van der Waals surface area (Å²) in [6, 6.07) is 11.1. The Kier molecular flexibility index (Phi) is 9.08. The average Bonchev–Trinajstić information content (AvgIpc) is 2.71. The maximum Gasteiger partial charge on any atom is 0.261 e. The van der Waals surface area contributed by atoms with E-state index in [2.05, 4.69) is 5.32 Å². The molecule has 1 N–H and O–H groups in total. The second kappa shape index (κ2) is 11.3. The summed E-state index contributed by atoms with van der Waals surface area (Å²) in [4.78, 5) is 26.8. The van der Waals surface area contributed by atoms with Gasteiger partial charge < -0.3 is 15.0 Å². The Morgan fingerprint density at radius 2 is 1.76 bits per heavy atom. The minimum Gasteiger partial charge on any atom is -0.484 e. The molecule has 2 aromatic rings. The van der Waals surface area contributed by atoms with Gasteiger partial charge in [-0.2, -0.15) is 0 Å². The van der Waals surface area contributed by atoms with Gasteiger partial charge in [0.15, 0.2) is 6.61 Å². The lowest BCUT2D eigenvalue weighted by Gasteiger charge is -2.28. The van der Waals surface area contributed by atoms with E-state index in [1.807, 2.05) is 6.92 Å². The normalized spacial score (nSPS) is 11.6. The van der Waals surface area contributed by atoms with Gasteiger partial charge in [0.1, 0.15) is 11.8 Å². The maximum absolute atomic E-state index is 12.9. The molecule has 0 spiro atoms. The maximum atomic E-state index is 12.9. The van der Waals surface area contributed by atoms with Crippen LogP contribution in [0.3, 0.4) is 0 Å². The molecule has 0 heterocycles. The lowest BCUT2D eigenvalue weighted by Crippen LogP contribution is -2.49. The molecule has 0 aliphatic carbocycles. The number of nitrogens with zero attached hydrogens (tertiary/aromatic N) is 1. The molecule has 0 saturated carbocycles. The van der Waals surface area contributed by atoms with E-state index in [1.165, 1.54) is 4.90 Å². The number of hydrogen-bond acceptors (Lipinski definition) is 3. The fraction of sp³-hybridized carbons (Fsp3) is 0.333. The molecule has 0 bridgehead atoms. The monoisotopic (exact) mass is 456 g/mol. The van der Waals surface area contributed by atoms with Crippen LogP contribution in [-0.2, 0) is 16.1 Å². The topological polar surface area (TPSA) is 58.6 Å². The minimum atomic E-state index is -0.683. The van der Waals surface area contributed by atoms with Crippen molar-refractivity contribution in [2.75, 3.05) is 13.2 Å². The van der Waals surface area contributed by atoms with Crippen LogP contribution in [0.5, 0.6) is 5.75 Å². The molecule has 5 nitrogen and oxygen atoms in total. The van der Waals surface area contributed by atoms with Gasteiger partial charge in [-0.25, -0.2) is 0 Å². The van der Waals surface area contributed by atoms with Gasteiger partial charge in [-0.15, -0.1) is 0 Å². The van der Waals surface area contributed by atoms with E-state index < -0.39 is 6.04 Å². The molecular formula is C21H23Cl3N2O3. The van der Waals surface area contributed by atoms with Crippen LogP contribution < -0.4 is 10.1 Å². The third kappa shape index (κ3) is 7.11. The van der Waals surface area contributed by atoms with Crippen molar-refractivity contribution < 1.29 is 14.3 Å². The molecule has 0 aliphatic heterocycles. The van der Waals surface area contributed by atoms with Crippen LogP contribution in [0.1, 0.15) is 25.8 Å². The minimum absolute atomic E-state index is 0.195. The Bertz CT molecular complexity index is 844. The number of carbonyl (C=O) groups is 2. The van der Waals surface area contributed by atoms with Crippen LogP contribution in [0.25, 0.3) is 0 Å². The summed E-state index contributed by atoms with van der Waals surface area (Å²) in [7, 11) is 0. The van der Waals surface area contributed by atoms with Crippen LogP contribution in [0.4, 0.5) is 0 Å². The third-order valence-corrected chi connectivity index (χ3v) is 5.22. The van der Waals surface area contributed by atoms with Crippen molar-refractivity contribution in [3.63, 3.8) is 0 Å². The molecule has 156 valence electrons. The largest absolute Gasteiger partial charge is 0.484 e. The second-order valence-corrected chi connectivity index (χ2v) is 7.73. The first-order valence-corrected chi connectivity index (χ1v) is 10.3. The summed E-state index contributed by atoms with van der Waals surface area (Å²) in [5.74, 6) is -0.0442. The molecule has 2 rings (SSSR count). The molecule has 2 amide bonds. The van der Waals surface area contributed by atoms with E-state index in [9.17, 15) is 9.59 Å². The van der Waals surface area contributed by atoms with Crippen LogP contribution in [0.15, 0.2) is 42.5 Å². The first-order valence-electron chi connectivity index (χ1n) is 9.21. The Morgan fingerprint density at radius 3 is 2.38 bits per heavy atom. The van der Waals surface area contributed by atoms with Crippen LogP contribution >= 0.6 is 34.8 Å². The average molecular weight is 458 g/mol. The van der Waals surface area contributed by atoms with Gasteiger partial charge >= 0.3 is 0 Å². The van der Waals surface area contributed by atoms with Crippen molar-refractivity contribution in [3.05, 3.63) is 63.1 Å². The van der Waals surface area contributed by atoms with E-state index in [-0.39, 0.29) is 25.0 Å². The highest BCUT2D eigenvalue weighted by Crippen LogP contribution is 2.24. The van der Waals surface area contributed by atoms with Gasteiger partial charge in [-0.3, -0.25) is 9.59 Å². The predicted octanol–water partition coefficient (Wildman–Crippen LogP) is 4.97. The molecule has 0 saturated heterocycles. The number of amides is 2. The van der Waals surface area contributed by atoms with Crippen LogP contribution in [0.2, 0.25) is 15.1 Å². The fourth-order valence-electron chi connectivity index (χ4n) is 2.57. The Balaban J connectivity index is 2.15. The van der Waals surface area contributed by atoms with Gasteiger partial charge in [-0.05, 0) is 55.3 Å². The first kappa shape index (κ1) is 23.3. The SMILES string of the molecule is CCCNC(=O)C(C)N(Cc1ccc(Cl)c(Cl)c1)C(=O)COc1ccc(Cl)cc1. The molecule has 1 atom stereocenters. The first-order chi connectivity index (χ1) is 13.8. The highest BCUT2D eigenvalue weighted by Gasteiger charge is 2.26. The highest BCUT2D eigenvalue weighted by molar-refractivity contribution is 6.42. The number of rotatable bonds is 9. The standard InChI is InChI=1S/C21H23Cl3N2O3/c1-3-10-25-21(28)14(2)26(12-15-4-9-18(23)19(24)11-15)20(27)13-29-17-7-5-16(22)6-8-17/h4-9,11,14H,3,10,12-13H2,1-2H3,(H,25,28). The predicted molar refractivity (Wildman–Crippen MR) is 117 cm³/mol. The molecule has 0 aliphatic rings. The van der Waals surface area contributed by atoms with Crippen LogP contribution in [-0.4, -0.2) is 35.9 Å². The second-order valence-electron chi connectivity index (χ2n) is 6.48. The van der Waals surface area contributed by atoms with E-state index in [1.54, 1.807) is 49.4 Å². The van der Waals surface area contributed by atoms with Gasteiger partial charge in [0, 0.05) is 18.1 Å². The molecule has 0 aromatic heterocycles. The summed E-state index contributed by atoms with van der Waals surface area (Å²) < 4.78 is 5.57. The van der Waals surface area contributed by atoms with Crippen molar-refractivity contribution >= 4 is 46.6 Å². The smallest absolute Gasteiger partial charge is 0.261 e. The van der Waals surface area contributed by atoms with Crippen molar-refractivity contribution in [2.45, 2.75) is 32.9 Å². The molecule has 2 aromatic carbocycles. The summed E-state index contributed by atoms with van der Waals surface area (Å²) in [6.07, 6.45) is 0.804. The van der Waals surface area contributed by atoms with Crippen molar-refractivity contribution in [1.29, 1.82) is 0 Å². The number of halogens is 3. The van der Waals surface area contributed by atoms with Crippen molar-refractivity contribution in [1.82, 2.24) is 10.2 Å². The molecular weight excluding hydrogens is 435 g/mol. The van der Waals surface area contributed by atoms with E-state index in [0.29, 0.717) is 27.4 Å². The van der Waals surface area contributed by atoms with Gasteiger partial charge in [0.05, 0.1) is 10.0 Å². The van der Waals surface area contributed by atoms with Crippen molar-refractivity contribution in [2.24, 2.45) is 0 Å². The number of nitrogens with one attached hydrogen (secondary N) is 1. The zero-order chi connectivity index (χ0) is 21.4. The molecule has 0 fully saturated rings. The lowest BCUT2D eigenvalue weighted by molar-refractivity contribution is -0.142. The quantitative estimate of drug-likeness (QED) is 0.578. The van der Waals surface area contributed by atoms with Crippen molar-refractivity contribution in [3.8, 4) is 5.75 Å². The number of hydrogen-bond donors (Lipinski definition) is 1. The highest BCUT2D eigenvalue weighted by atomic mass is 35.5. The summed E-state index contributed by atoms with van der Waals surface area (Å²) in [6.45, 7) is 4.17. The van der Waals surface area contributed by atoms with Gasteiger partial charge in [-0.1, -0.05) is 47.8 Å². The Morgan fingerprint density at radius 1 is 1.07 bits per heavy atom. The van der Waals surface area contributed by atoms with E-state index >= 15 is 0 Å². The summed E-state index contributed by atoms with van der Waals surface area (Å²) in [5, 5.41) is 4.20. The number of carbonyl (C=O) groups excluding carboxylic acids is 2. The summed E-state index contributed by atoms with van der Waals surface area (Å²) >= 11 is 17.9. The zero-order valence-corrected chi connectivity index (χ0v) is 18.5. The van der Waals surface area contributed by atoms with Crippen LogP contribution in [0, 0.1) is 0 Å². The zero-order valence-electron chi connectivity index (χ0n) is 16.3. The molecule has 0 radical (unpaired) electrons. The molecule has 1 unspecified atom stereocenters. The number of benzene rings is 2. The van der Waals surface area contributed by atoms with Gasteiger partial charge in [0.25, 0.3) is 5.91 Å². The summed E-state index contributed by atoms with van der Waals surface area (Å²) in [5.41, 5.74) is 0.759. The Labute approximate surface area is 185 Å². The van der Waals surface area contributed by atoms with Gasteiger partial charge in [0.2, 0.25) is 5.91 Å². The number of ether oxygens (including phenoxy) is 1.